The van der Waals surface area contributed by atoms with E-state index in [-0.39, 0.29) is 5.91 Å². The number of pyridine rings is 1. The lowest BCUT2D eigenvalue weighted by Gasteiger charge is -2.28. The SMILES string of the molecule is COc1ccc(C2C(C(=O)Nc3cccnc3)=C(C)Nc3nc(-c4ccccc4Cl)nn32)cc1. The number of carbonyl (C=O) groups excluding carboxylic acids is 1. The molecule has 9 heteroatoms. The maximum Gasteiger partial charge on any atom is 0.255 e. The number of amides is 1. The number of nitrogens with one attached hydrogen (secondary N) is 2. The lowest BCUT2D eigenvalue weighted by atomic mass is 9.95. The van der Waals surface area contributed by atoms with Gasteiger partial charge >= 0.3 is 0 Å². The van der Waals surface area contributed by atoms with E-state index in [9.17, 15) is 4.79 Å². The lowest BCUT2D eigenvalue weighted by Crippen LogP contribution is -2.31. The van der Waals surface area contributed by atoms with Gasteiger partial charge in [0.2, 0.25) is 5.95 Å². The monoisotopic (exact) mass is 472 g/mol. The average Bonchev–Trinajstić information content (AvgIpc) is 3.27. The zero-order valence-corrected chi connectivity index (χ0v) is 19.2. The van der Waals surface area contributed by atoms with E-state index >= 15 is 0 Å². The van der Waals surface area contributed by atoms with Crippen LogP contribution in [0.1, 0.15) is 18.5 Å². The van der Waals surface area contributed by atoms with Gasteiger partial charge in [0.15, 0.2) is 5.82 Å². The Morgan fingerprint density at radius 3 is 2.62 bits per heavy atom. The molecule has 34 heavy (non-hydrogen) atoms. The zero-order valence-electron chi connectivity index (χ0n) is 18.5. The molecule has 1 aliphatic rings. The van der Waals surface area contributed by atoms with Crippen LogP contribution in [0.15, 0.2) is 84.3 Å². The molecular formula is C25H21ClN6O2. The van der Waals surface area contributed by atoms with Crippen LogP contribution in [0, 0.1) is 0 Å². The molecule has 170 valence electrons. The number of fused-ring (bicyclic) bond motifs is 1. The van der Waals surface area contributed by atoms with Gasteiger partial charge in [-0.3, -0.25) is 9.78 Å². The van der Waals surface area contributed by atoms with Crippen LogP contribution in [0.25, 0.3) is 11.4 Å². The van der Waals surface area contributed by atoms with Crippen LogP contribution < -0.4 is 15.4 Å². The summed E-state index contributed by atoms with van der Waals surface area (Å²) in [6, 6.07) is 18.0. The van der Waals surface area contributed by atoms with E-state index in [1.807, 2.05) is 49.4 Å². The Labute approximate surface area is 201 Å². The molecule has 1 aliphatic heterocycles. The van der Waals surface area contributed by atoms with E-state index in [0.29, 0.717) is 39.3 Å². The Morgan fingerprint density at radius 1 is 1.12 bits per heavy atom. The van der Waals surface area contributed by atoms with Crippen LogP contribution in [0.4, 0.5) is 11.6 Å². The number of methoxy groups -OCH3 is 1. The average molecular weight is 473 g/mol. The summed E-state index contributed by atoms with van der Waals surface area (Å²) in [5, 5.41) is 11.5. The summed E-state index contributed by atoms with van der Waals surface area (Å²) in [5.41, 5.74) is 3.35. The minimum atomic E-state index is -0.525. The third-order valence-electron chi connectivity index (χ3n) is 5.56. The zero-order chi connectivity index (χ0) is 23.7. The molecular weight excluding hydrogens is 452 g/mol. The molecule has 0 radical (unpaired) electrons. The third kappa shape index (κ3) is 3.99. The highest BCUT2D eigenvalue weighted by Crippen LogP contribution is 2.38. The molecule has 5 rings (SSSR count). The Kier molecular flexibility index (Phi) is 5.73. The Hall–Kier alpha value is -4.17. The number of nitrogens with zero attached hydrogens (tertiary/aromatic N) is 4. The third-order valence-corrected chi connectivity index (χ3v) is 5.89. The molecule has 1 atom stereocenters. The van der Waals surface area contributed by atoms with E-state index in [4.69, 9.17) is 21.4 Å². The van der Waals surface area contributed by atoms with E-state index < -0.39 is 6.04 Å². The Balaban J connectivity index is 1.61. The van der Waals surface area contributed by atoms with Crippen molar-refractivity contribution >= 4 is 29.1 Å². The normalized spacial score (nSPS) is 14.9. The van der Waals surface area contributed by atoms with Crippen LogP contribution in [-0.2, 0) is 4.79 Å². The molecule has 2 aromatic heterocycles. The topological polar surface area (TPSA) is 94.0 Å². The fraction of sp³-hybridized carbons (Fsp3) is 0.120. The van der Waals surface area contributed by atoms with Crippen molar-refractivity contribution in [2.45, 2.75) is 13.0 Å². The van der Waals surface area contributed by atoms with Gasteiger partial charge in [-0.25, -0.2) is 4.68 Å². The highest BCUT2D eigenvalue weighted by Gasteiger charge is 2.34. The number of benzene rings is 2. The van der Waals surface area contributed by atoms with Crippen molar-refractivity contribution in [3.63, 3.8) is 0 Å². The molecule has 3 heterocycles. The molecule has 8 nitrogen and oxygen atoms in total. The van der Waals surface area contributed by atoms with Gasteiger partial charge in [-0.1, -0.05) is 35.9 Å². The van der Waals surface area contributed by atoms with Gasteiger partial charge in [-0.2, -0.15) is 4.98 Å². The van der Waals surface area contributed by atoms with Gasteiger partial charge in [0.25, 0.3) is 5.91 Å². The van der Waals surface area contributed by atoms with Gasteiger partial charge < -0.3 is 15.4 Å². The molecule has 0 saturated carbocycles. The molecule has 0 aliphatic carbocycles. The summed E-state index contributed by atoms with van der Waals surface area (Å²) < 4.78 is 7.03. The van der Waals surface area contributed by atoms with E-state index in [1.165, 1.54) is 0 Å². The fourth-order valence-corrected chi connectivity index (χ4v) is 4.15. The molecule has 0 bridgehead atoms. The summed E-state index contributed by atoms with van der Waals surface area (Å²) in [6.07, 6.45) is 3.25. The largest absolute Gasteiger partial charge is 0.497 e. The number of hydrogen-bond donors (Lipinski definition) is 2. The highest BCUT2D eigenvalue weighted by atomic mass is 35.5. The van der Waals surface area contributed by atoms with Crippen molar-refractivity contribution in [3.8, 4) is 17.1 Å². The number of carbonyl (C=O) groups is 1. The van der Waals surface area contributed by atoms with Crippen LogP contribution >= 0.6 is 11.6 Å². The van der Waals surface area contributed by atoms with E-state index in [0.717, 1.165) is 11.3 Å². The van der Waals surface area contributed by atoms with Crippen LogP contribution in [0.2, 0.25) is 5.02 Å². The molecule has 1 amide bonds. The van der Waals surface area contributed by atoms with E-state index in [1.54, 1.807) is 42.4 Å². The predicted octanol–water partition coefficient (Wildman–Crippen LogP) is 4.93. The first-order valence-electron chi connectivity index (χ1n) is 10.6. The molecule has 0 fully saturated rings. The molecule has 1 unspecified atom stereocenters. The Bertz CT molecular complexity index is 1380. The second-order valence-corrected chi connectivity index (χ2v) is 8.13. The summed E-state index contributed by atoms with van der Waals surface area (Å²) >= 11 is 6.40. The summed E-state index contributed by atoms with van der Waals surface area (Å²) in [4.78, 5) is 22.2. The number of hydrogen-bond acceptors (Lipinski definition) is 6. The maximum atomic E-state index is 13.5. The van der Waals surface area contributed by atoms with Gasteiger partial charge in [-0.15, -0.1) is 5.10 Å². The quantitative estimate of drug-likeness (QED) is 0.427. The maximum absolute atomic E-state index is 13.5. The first-order valence-corrected chi connectivity index (χ1v) is 11.0. The summed E-state index contributed by atoms with van der Waals surface area (Å²) in [5.74, 6) is 1.44. The Morgan fingerprint density at radius 2 is 1.91 bits per heavy atom. The second kappa shape index (κ2) is 8.99. The van der Waals surface area contributed by atoms with Gasteiger partial charge in [-0.05, 0) is 48.9 Å². The van der Waals surface area contributed by atoms with Crippen molar-refractivity contribution in [2.24, 2.45) is 0 Å². The van der Waals surface area contributed by atoms with Gasteiger partial charge in [0.05, 0.1) is 29.6 Å². The van der Waals surface area contributed by atoms with Gasteiger partial charge in [0.1, 0.15) is 11.8 Å². The molecule has 4 aromatic rings. The first kappa shape index (κ1) is 21.7. The number of aromatic nitrogens is 4. The minimum Gasteiger partial charge on any atom is -0.497 e. The number of rotatable bonds is 5. The van der Waals surface area contributed by atoms with Crippen molar-refractivity contribution in [1.29, 1.82) is 0 Å². The van der Waals surface area contributed by atoms with Crippen LogP contribution in [0.5, 0.6) is 5.75 Å². The minimum absolute atomic E-state index is 0.265. The number of ether oxygens (including phenoxy) is 1. The van der Waals surface area contributed by atoms with E-state index in [2.05, 4.69) is 20.6 Å². The van der Waals surface area contributed by atoms with Gasteiger partial charge in [0, 0.05) is 17.5 Å². The molecule has 2 N–H and O–H groups in total. The van der Waals surface area contributed by atoms with Crippen molar-refractivity contribution in [2.75, 3.05) is 17.7 Å². The standard InChI is InChI=1S/C25H21ClN6O2/c1-15-21(24(33)29-17-6-5-13-27-14-17)22(16-9-11-18(34-2)12-10-16)32-25(28-15)30-23(31-32)19-7-3-4-8-20(19)26/h3-14,22H,1-2H3,(H,29,33)(H,28,30,31). The number of halogens is 1. The fourth-order valence-electron chi connectivity index (χ4n) is 3.93. The summed E-state index contributed by atoms with van der Waals surface area (Å²) in [7, 11) is 1.61. The first-order chi connectivity index (χ1) is 16.5. The predicted molar refractivity (Wildman–Crippen MR) is 131 cm³/mol. The van der Waals surface area contributed by atoms with Crippen molar-refractivity contribution in [1.82, 2.24) is 19.7 Å². The smallest absolute Gasteiger partial charge is 0.255 e. The molecule has 0 spiro atoms. The number of anilines is 2. The lowest BCUT2D eigenvalue weighted by molar-refractivity contribution is -0.113. The molecule has 2 aromatic carbocycles. The number of allylic oxidation sites excluding steroid dienone is 1. The van der Waals surface area contributed by atoms with Crippen molar-refractivity contribution in [3.05, 3.63) is 94.9 Å². The molecule has 0 saturated heterocycles. The second-order valence-electron chi connectivity index (χ2n) is 7.72. The van der Waals surface area contributed by atoms with Crippen molar-refractivity contribution < 1.29 is 9.53 Å². The summed E-state index contributed by atoms with van der Waals surface area (Å²) in [6.45, 7) is 1.85. The van der Waals surface area contributed by atoms with Crippen LogP contribution in [0.3, 0.4) is 0 Å². The highest BCUT2D eigenvalue weighted by molar-refractivity contribution is 6.33. The van der Waals surface area contributed by atoms with Crippen LogP contribution in [-0.4, -0.2) is 32.8 Å².